The summed E-state index contributed by atoms with van der Waals surface area (Å²) in [7, 11) is 0. The molecular formula is C18H18FN3S. The average Bonchev–Trinajstić information content (AvgIpc) is 3.06. The largest absolute Gasteiger partial charge is 0.356 e. The molecule has 0 N–H and O–H groups in total. The topological polar surface area (TPSA) is 29.0 Å². The molecule has 0 amide bonds. The number of anilines is 1. The van der Waals surface area contributed by atoms with Crippen molar-refractivity contribution in [2.24, 2.45) is 5.92 Å². The Morgan fingerprint density at radius 2 is 1.87 bits per heavy atom. The molecule has 0 bridgehead atoms. The molecule has 0 aliphatic carbocycles. The first-order valence-electron chi connectivity index (χ1n) is 7.97. The Labute approximate surface area is 138 Å². The number of hydrogen-bond acceptors (Lipinski definition) is 4. The van der Waals surface area contributed by atoms with Gasteiger partial charge in [-0.2, -0.15) is 0 Å². The smallest absolute Gasteiger partial charge is 0.140 e. The summed E-state index contributed by atoms with van der Waals surface area (Å²) in [5.41, 5.74) is 1.23. The predicted octanol–water partition coefficient (Wildman–Crippen LogP) is 4.29. The molecule has 2 aromatic heterocycles. The van der Waals surface area contributed by atoms with Crippen LogP contribution in [0.1, 0.15) is 18.4 Å². The number of rotatable bonds is 3. The number of halogens is 1. The summed E-state index contributed by atoms with van der Waals surface area (Å²) in [5.74, 6) is 1.57. The minimum absolute atomic E-state index is 0.160. The Hall–Kier alpha value is -2.01. The normalized spacial score (nSPS) is 16.1. The van der Waals surface area contributed by atoms with E-state index in [1.807, 2.05) is 12.1 Å². The fourth-order valence-corrected chi connectivity index (χ4v) is 4.06. The lowest BCUT2D eigenvalue weighted by Crippen LogP contribution is -2.35. The van der Waals surface area contributed by atoms with Crippen LogP contribution in [0, 0.1) is 11.7 Å². The van der Waals surface area contributed by atoms with E-state index in [0.717, 1.165) is 48.4 Å². The van der Waals surface area contributed by atoms with Crippen molar-refractivity contribution in [3.63, 3.8) is 0 Å². The molecule has 0 unspecified atom stereocenters. The van der Waals surface area contributed by atoms with E-state index in [1.165, 1.54) is 5.56 Å². The van der Waals surface area contributed by atoms with E-state index >= 15 is 0 Å². The quantitative estimate of drug-likeness (QED) is 0.718. The van der Waals surface area contributed by atoms with Crippen LogP contribution in [0.2, 0.25) is 0 Å². The predicted molar refractivity (Wildman–Crippen MR) is 92.5 cm³/mol. The molecule has 0 radical (unpaired) electrons. The van der Waals surface area contributed by atoms with Crippen molar-refractivity contribution in [2.75, 3.05) is 18.0 Å². The second-order valence-electron chi connectivity index (χ2n) is 6.10. The fraction of sp³-hybridized carbons (Fsp3) is 0.333. The van der Waals surface area contributed by atoms with Crippen LogP contribution < -0.4 is 4.90 Å². The van der Waals surface area contributed by atoms with Crippen LogP contribution in [0.4, 0.5) is 10.2 Å². The molecule has 5 heteroatoms. The fourth-order valence-electron chi connectivity index (χ4n) is 3.33. The van der Waals surface area contributed by atoms with Crippen LogP contribution in [0.3, 0.4) is 0 Å². The molecule has 3 heterocycles. The highest BCUT2D eigenvalue weighted by Crippen LogP contribution is 2.30. The Bertz CT molecular complexity index is 791. The third kappa shape index (κ3) is 3.06. The minimum atomic E-state index is -0.160. The first-order valence-corrected chi connectivity index (χ1v) is 8.85. The molecule has 3 nitrogen and oxygen atoms in total. The van der Waals surface area contributed by atoms with Crippen molar-refractivity contribution >= 4 is 27.4 Å². The van der Waals surface area contributed by atoms with Gasteiger partial charge < -0.3 is 4.90 Å². The zero-order valence-corrected chi connectivity index (χ0v) is 13.6. The summed E-state index contributed by atoms with van der Waals surface area (Å²) >= 11 is 1.66. The highest BCUT2D eigenvalue weighted by molar-refractivity contribution is 7.16. The van der Waals surface area contributed by atoms with Crippen molar-refractivity contribution in [3.8, 4) is 0 Å². The summed E-state index contributed by atoms with van der Waals surface area (Å²) in [4.78, 5) is 12.3. The number of nitrogens with zero attached hydrogens (tertiary/aromatic N) is 3. The van der Waals surface area contributed by atoms with Gasteiger partial charge in [0.1, 0.15) is 22.8 Å². The minimum Gasteiger partial charge on any atom is -0.356 e. The number of benzene rings is 1. The van der Waals surface area contributed by atoms with Crippen molar-refractivity contribution in [1.82, 2.24) is 9.97 Å². The molecule has 23 heavy (non-hydrogen) atoms. The molecular weight excluding hydrogens is 309 g/mol. The maximum Gasteiger partial charge on any atom is 0.140 e. The number of thiophene rings is 1. The molecule has 1 saturated heterocycles. The van der Waals surface area contributed by atoms with Gasteiger partial charge in [0.2, 0.25) is 0 Å². The van der Waals surface area contributed by atoms with Crippen molar-refractivity contribution in [1.29, 1.82) is 0 Å². The maximum absolute atomic E-state index is 13.0. The Kier molecular flexibility index (Phi) is 3.95. The van der Waals surface area contributed by atoms with Gasteiger partial charge >= 0.3 is 0 Å². The van der Waals surface area contributed by atoms with Crippen molar-refractivity contribution in [2.45, 2.75) is 19.3 Å². The Balaban J connectivity index is 1.43. The molecule has 1 aliphatic heterocycles. The van der Waals surface area contributed by atoms with E-state index < -0.39 is 0 Å². The molecule has 1 aromatic carbocycles. The average molecular weight is 327 g/mol. The van der Waals surface area contributed by atoms with Gasteiger partial charge in [-0.15, -0.1) is 11.3 Å². The lowest BCUT2D eigenvalue weighted by atomic mass is 9.90. The molecule has 4 rings (SSSR count). The summed E-state index contributed by atoms with van der Waals surface area (Å²) in [5, 5.41) is 3.24. The van der Waals surface area contributed by atoms with E-state index in [9.17, 15) is 4.39 Å². The Morgan fingerprint density at radius 3 is 2.65 bits per heavy atom. The lowest BCUT2D eigenvalue weighted by Gasteiger charge is -2.33. The molecule has 1 aliphatic rings. The number of piperidine rings is 1. The molecule has 0 spiro atoms. The summed E-state index contributed by atoms with van der Waals surface area (Å²) in [6, 6.07) is 9.03. The van der Waals surface area contributed by atoms with E-state index in [1.54, 1.807) is 29.8 Å². The molecule has 118 valence electrons. The third-order valence-electron chi connectivity index (χ3n) is 4.59. The van der Waals surface area contributed by atoms with E-state index in [2.05, 4.69) is 26.3 Å². The second kappa shape index (κ2) is 6.24. The van der Waals surface area contributed by atoms with E-state index in [4.69, 9.17) is 0 Å². The lowest BCUT2D eigenvalue weighted by molar-refractivity contribution is 0.402. The van der Waals surface area contributed by atoms with Crippen molar-refractivity contribution < 1.29 is 4.39 Å². The third-order valence-corrected chi connectivity index (χ3v) is 5.41. The SMILES string of the molecule is Fc1ccc(CC2CCN(c3ncnc4sccc34)CC2)cc1. The number of fused-ring (bicyclic) bond motifs is 1. The molecule has 1 fully saturated rings. The maximum atomic E-state index is 13.0. The molecule has 0 atom stereocenters. The van der Waals surface area contributed by atoms with Gasteiger partial charge in [0, 0.05) is 13.1 Å². The zero-order valence-electron chi connectivity index (χ0n) is 12.8. The van der Waals surface area contributed by atoms with Crippen LogP contribution in [-0.4, -0.2) is 23.1 Å². The summed E-state index contributed by atoms with van der Waals surface area (Å²) in [6.07, 6.45) is 4.99. The highest BCUT2D eigenvalue weighted by atomic mass is 32.1. The summed E-state index contributed by atoms with van der Waals surface area (Å²) in [6.45, 7) is 2.04. The van der Waals surface area contributed by atoms with Gasteiger partial charge in [0.25, 0.3) is 0 Å². The first kappa shape index (κ1) is 14.6. The van der Waals surface area contributed by atoms with Crippen LogP contribution in [0.15, 0.2) is 42.0 Å². The van der Waals surface area contributed by atoms with Gasteiger partial charge in [0.05, 0.1) is 5.39 Å². The highest BCUT2D eigenvalue weighted by Gasteiger charge is 2.22. The van der Waals surface area contributed by atoms with Crippen LogP contribution in [0.25, 0.3) is 10.2 Å². The monoisotopic (exact) mass is 327 g/mol. The Morgan fingerprint density at radius 1 is 1.09 bits per heavy atom. The van der Waals surface area contributed by atoms with Crippen LogP contribution in [-0.2, 0) is 6.42 Å². The van der Waals surface area contributed by atoms with Crippen LogP contribution >= 0.6 is 11.3 Å². The zero-order chi connectivity index (χ0) is 15.6. The number of aromatic nitrogens is 2. The first-order chi connectivity index (χ1) is 11.3. The summed E-state index contributed by atoms with van der Waals surface area (Å²) < 4.78 is 13.0. The van der Waals surface area contributed by atoms with Gasteiger partial charge in [-0.1, -0.05) is 12.1 Å². The molecule has 3 aromatic rings. The second-order valence-corrected chi connectivity index (χ2v) is 6.99. The van der Waals surface area contributed by atoms with Gasteiger partial charge in [-0.05, 0) is 54.3 Å². The standard InChI is InChI=1S/C18H18FN3S/c19-15-3-1-13(2-4-15)11-14-5-8-22(9-6-14)17-16-7-10-23-18(16)21-12-20-17/h1-4,7,10,12,14H,5-6,8-9,11H2. The van der Waals surface area contributed by atoms with Gasteiger partial charge in [-0.25, -0.2) is 14.4 Å². The van der Waals surface area contributed by atoms with Crippen LogP contribution in [0.5, 0.6) is 0 Å². The van der Waals surface area contributed by atoms with Gasteiger partial charge in [0.15, 0.2) is 0 Å². The number of hydrogen-bond donors (Lipinski definition) is 0. The van der Waals surface area contributed by atoms with Gasteiger partial charge in [-0.3, -0.25) is 0 Å². The molecule has 0 saturated carbocycles. The van der Waals surface area contributed by atoms with E-state index in [-0.39, 0.29) is 5.82 Å². The van der Waals surface area contributed by atoms with E-state index in [0.29, 0.717) is 5.92 Å². The van der Waals surface area contributed by atoms with Crippen molar-refractivity contribution in [3.05, 3.63) is 53.4 Å².